The van der Waals surface area contributed by atoms with Gasteiger partial charge in [-0.3, -0.25) is 0 Å². The number of hydrogen-bond acceptors (Lipinski definition) is 0. The predicted octanol–water partition coefficient (Wildman–Crippen LogP) is 5.12. The van der Waals surface area contributed by atoms with Crippen LogP contribution in [-0.2, 0) is 0 Å². The Bertz CT molecular complexity index is 340. The molecular weight excluding hydrogens is 204 g/mol. The molecule has 0 heterocycles. The van der Waals surface area contributed by atoms with Gasteiger partial charge in [0, 0.05) is 5.57 Å². The van der Waals surface area contributed by atoms with Crippen molar-refractivity contribution in [3.05, 3.63) is 23.3 Å². The van der Waals surface area contributed by atoms with E-state index in [0.717, 1.165) is 12.3 Å². The van der Waals surface area contributed by atoms with Crippen molar-refractivity contribution in [1.82, 2.24) is 0 Å². The van der Waals surface area contributed by atoms with Gasteiger partial charge < -0.3 is 0 Å². The zero-order valence-electron chi connectivity index (χ0n) is 11.8. The van der Waals surface area contributed by atoms with Crippen molar-refractivity contribution in [3.63, 3.8) is 0 Å². The molecule has 1 atom stereocenters. The van der Waals surface area contributed by atoms with Crippen LogP contribution in [0.5, 0.6) is 0 Å². The molecule has 1 unspecified atom stereocenters. The molecule has 0 nitrogen and oxygen atoms in total. The van der Waals surface area contributed by atoms with Crippen LogP contribution in [0.15, 0.2) is 23.3 Å². The Labute approximate surface area is 107 Å². The van der Waals surface area contributed by atoms with E-state index in [-0.39, 0.29) is 0 Å². The van der Waals surface area contributed by atoms with Crippen molar-refractivity contribution >= 4 is 0 Å². The molecule has 0 aliphatic heterocycles. The SMILES string of the molecule is CC#CC1=CC=C(C(CCC)CCC)C(C)C1. The molecule has 0 N–H and O–H groups in total. The van der Waals surface area contributed by atoms with E-state index >= 15 is 0 Å². The van der Waals surface area contributed by atoms with Gasteiger partial charge in [0.2, 0.25) is 0 Å². The van der Waals surface area contributed by atoms with Crippen LogP contribution in [0.25, 0.3) is 0 Å². The molecule has 0 amide bonds. The summed E-state index contributed by atoms with van der Waals surface area (Å²) < 4.78 is 0. The summed E-state index contributed by atoms with van der Waals surface area (Å²) in [6.07, 6.45) is 11.0. The van der Waals surface area contributed by atoms with Crippen molar-refractivity contribution in [1.29, 1.82) is 0 Å². The van der Waals surface area contributed by atoms with E-state index in [2.05, 4.69) is 44.8 Å². The van der Waals surface area contributed by atoms with E-state index in [1.54, 1.807) is 5.57 Å². The van der Waals surface area contributed by atoms with Crippen LogP contribution in [0.4, 0.5) is 0 Å². The predicted molar refractivity (Wildman–Crippen MR) is 76.7 cm³/mol. The first kappa shape index (κ1) is 14.1. The molecule has 1 rings (SSSR count). The van der Waals surface area contributed by atoms with E-state index in [4.69, 9.17) is 0 Å². The molecule has 0 aromatic heterocycles. The van der Waals surface area contributed by atoms with Crippen molar-refractivity contribution in [2.24, 2.45) is 11.8 Å². The molecule has 0 spiro atoms. The lowest BCUT2D eigenvalue weighted by Gasteiger charge is -2.27. The number of allylic oxidation sites excluding steroid dienone is 4. The zero-order valence-corrected chi connectivity index (χ0v) is 11.8. The first-order valence-corrected chi connectivity index (χ1v) is 7.06. The Morgan fingerprint density at radius 1 is 1.24 bits per heavy atom. The molecule has 0 aromatic carbocycles. The van der Waals surface area contributed by atoms with E-state index in [1.807, 2.05) is 6.92 Å². The summed E-state index contributed by atoms with van der Waals surface area (Å²) in [4.78, 5) is 0. The molecule has 0 heteroatoms. The average Bonchev–Trinajstić information content (AvgIpc) is 2.29. The van der Waals surface area contributed by atoms with Crippen LogP contribution in [0, 0.1) is 23.7 Å². The van der Waals surface area contributed by atoms with E-state index in [9.17, 15) is 0 Å². The van der Waals surface area contributed by atoms with E-state index < -0.39 is 0 Å². The summed E-state index contributed by atoms with van der Waals surface area (Å²) in [5, 5.41) is 0. The lowest BCUT2D eigenvalue weighted by molar-refractivity contribution is 0.449. The highest BCUT2D eigenvalue weighted by molar-refractivity contribution is 5.38. The van der Waals surface area contributed by atoms with Gasteiger partial charge in [0.15, 0.2) is 0 Å². The van der Waals surface area contributed by atoms with Gasteiger partial charge in [-0.15, -0.1) is 5.92 Å². The van der Waals surface area contributed by atoms with Crippen LogP contribution in [0.2, 0.25) is 0 Å². The highest BCUT2D eigenvalue weighted by Crippen LogP contribution is 2.34. The van der Waals surface area contributed by atoms with Crippen molar-refractivity contribution < 1.29 is 0 Å². The molecule has 0 bridgehead atoms. The van der Waals surface area contributed by atoms with E-state index in [1.165, 1.54) is 31.3 Å². The quantitative estimate of drug-likeness (QED) is 0.575. The Kier molecular flexibility index (Phi) is 6.12. The van der Waals surface area contributed by atoms with Crippen LogP contribution in [0.1, 0.15) is 59.8 Å². The minimum absolute atomic E-state index is 0.680. The van der Waals surface area contributed by atoms with E-state index in [0.29, 0.717) is 5.92 Å². The summed E-state index contributed by atoms with van der Waals surface area (Å²) >= 11 is 0. The summed E-state index contributed by atoms with van der Waals surface area (Å²) in [6.45, 7) is 8.86. The van der Waals surface area contributed by atoms with Crippen molar-refractivity contribution in [2.45, 2.75) is 59.8 Å². The van der Waals surface area contributed by atoms with Crippen LogP contribution in [0.3, 0.4) is 0 Å². The fraction of sp³-hybridized carbons (Fsp3) is 0.647. The third-order valence-electron chi connectivity index (χ3n) is 3.60. The number of rotatable bonds is 5. The van der Waals surface area contributed by atoms with Gasteiger partial charge in [-0.25, -0.2) is 0 Å². The van der Waals surface area contributed by atoms with Gasteiger partial charge in [0.25, 0.3) is 0 Å². The van der Waals surface area contributed by atoms with Crippen LogP contribution in [-0.4, -0.2) is 0 Å². The minimum atomic E-state index is 0.680. The first-order valence-electron chi connectivity index (χ1n) is 7.06. The molecule has 0 aromatic rings. The molecule has 0 fully saturated rings. The maximum absolute atomic E-state index is 3.20. The maximum Gasteiger partial charge on any atom is 0.00260 e. The van der Waals surface area contributed by atoms with Crippen LogP contribution < -0.4 is 0 Å². The molecule has 1 aliphatic carbocycles. The van der Waals surface area contributed by atoms with Gasteiger partial charge in [-0.05, 0) is 38.0 Å². The highest BCUT2D eigenvalue weighted by Gasteiger charge is 2.21. The second-order valence-corrected chi connectivity index (χ2v) is 5.11. The third kappa shape index (κ3) is 4.08. The molecular formula is C17H26. The van der Waals surface area contributed by atoms with Gasteiger partial charge >= 0.3 is 0 Å². The smallest absolute Gasteiger partial charge is 0.00260 e. The molecule has 94 valence electrons. The van der Waals surface area contributed by atoms with Gasteiger partial charge in [-0.1, -0.05) is 57.3 Å². The third-order valence-corrected chi connectivity index (χ3v) is 3.60. The monoisotopic (exact) mass is 230 g/mol. The largest absolute Gasteiger partial charge is 0.102 e. The summed E-state index contributed by atoms with van der Waals surface area (Å²) in [5.74, 6) is 7.69. The normalized spacial score (nSPS) is 19.5. The zero-order chi connectivity index (χ0) is 12.7. The standard InChI is InChI=1S/C17H26/c1-5-8-15-11-12-17(14(4)13-15)16(9-6-2)10-7-3/h11-12,14,16H,6-7,9-10,13H2,1-4H3. The second-order valence-electron chi connectivity index (χ2n) is 5.11. The molecule has 17 heavy (non-hydrogen) atoms. The topological polar surface area (TPSA) is 0 Å². The molecule has 0 saturated carbocycles. The summed E-state index contributed by atoms with van der Waals surface area (Å²) in [7, 11) is 0. The average molecular weight is 230 g/mol. The fourth-order valence-electron chi connectivity index (χ4n) is 2.84. The first-order chi connectivity index (χ1) is 8.22. The Balaban J connectivity index is 2.82. The summed E-state index contributed by atoms with van der Waals surface area (Å²) in [6, 6.07) is 0. The molecule has 0 saturated heterocycles. The highest BCUT2D eigenvalue weighted by atomic mass is 14.3. The maximum atomic E-state index is 3.20. The fourth-order valence-corrected chi connectivity index (χ4v) is 2.84. The van der Waals surface area contributed by atoms with Gasteiger partial charge in [0.1, 0.15) is 0 Å². The Hall–Kier alpha value is -0.960. The van der Waals surface area contributed by atoms with Gasteiger partial charge in [0.05, 0.1) is 0 Å². The second kappa shape index (κ2) is 7.38. The Morgan fingerprint density at radius 2 is 1.88 bits per heavy atom. The molecule has 0 radical (unpaired) electrons. The lowest BCUT2D eigenvalue weighted by atomic mass is 9.78. The van der Waals surface area contributed by atoms with Crippen LogP contribution >= 0.6 is 0 Å². The lowest BCUT2D eigenvalue weighted by Crippen LogP contribution is -2.14. The van der Waals surface area contributed by atoms with Crippen molar-refractivity contribution in [2.75, 3.05) is 0 Å². The number of hydrogen-bond donors (Lipinski definition) is 0. The van der Waals surface area contributed by atoms with Crippen molar-refractivity contribution in [3.8, 4) is 11.8 Å². The Morgan fingerprint density at radius 3 is 2.35 bits per heavy atom. The minimum Gasteiger partial charge on any atom is -0.102 e. The summed E-state index contributed by atoms with van der Waals surface area (Å²) in [5.41, 5.74) is 2.96. The van der Waals surface area contributed by atoms with Gasteiger partial charge in [-0.2, -0.15) is 0 Å². The molecule has 1 aliphatic rings.